The topological polar surface area (TPSA) is 57.0 Å². The van der Waals surface area contributed by atoms with Gasteiger partial charge in [0.05, 0.1) is 6.54 Å². The maximum absolute atomic E-state index is 12.4. The van der Waals surface area contributed by atoms with Crippen molar-refractivity contribution in [3.05, 3.63) is 85.9 Å². The molecular weight excluding hydrogens is 417 g/mol. The number of rotatable bonds is 5. The lowest BCUT2D eigenvalue weighted by molar-refractivity contribution is 0.294. The van der Waals surface area contributed by atoms with Gasteiger partial charge in [-0.1, -0.05) is 12.1 Å². The van der Waals surface area contributed by atoms with Gasteiger partial charge in [-0.05, 0) is 59.3 Å². The fourth-order valence-corrected chi connectivity index (χ4v) is 2.67. The van der Waals surface area contributed by atoms with Crippen molar-refractivity contribution in [1.29, 1.82) is 0 Å². The molecule has 24 heavy (non-hydrogen) atoms. The highest BCUT2D eigenvalue weighted by Gasteiger charge is 2.06. The third kappa shape index (κ3) is 4.19. The molecule has 0 aliphatic heterocycles. The number of benzene rings is 1. The summed E-state index contributed by atoms with van der Waals surface area (Å²) in [5.41, 5.74) is 1.86. The van der Waals surface area contributed by atoms with Gasteiger partial charge in [-0.15, -0.1) is 0 Å². The predicted octanol–water partition coefficient (Wildman–Crippen LogP) is 3.18. The number of aromatic nitrogens is 3. The zero-order valence-corrected chi connectivity index (χ0v) is 15.3. The van der Waals surface area contributed by atoms with E-state index in [-0.39, 0.29) is 12.2 Å². The lowest BCUT2D eigenvalue weighted by Crippen LogP contribution is -2.22. The van der Waals surface area contributed by atoms with E-state index in [1.54, 1.807) is 23.0 Å². The Labute approximate surface area is 153 Å². The lowest BCUT2D eigenvalue weighted by Gasteiger charge is -2.12. The molecule has 3 aromatic rings. The smallest absolute Gasteiger partial charge is 0.254 e. The van der Waals surface area contributed by atoms with Crippen molar-refractivity contribution < 1.29 is 4.74 Å². The molecule has 2 heterocycles. The Morgan fingerprint density at radius 3 is 2.50 bits per heavy atom. The first kappa shape index (κ1) is 16.6. The van der Waals surface area contributed by atoms with Crippen LogP contribution < -0.4 is 10.3 Å². The Hall–Kier alpha value is -2.22. The number of hydrogen-bond acceptors (Lipinski definition) is 4. The van der Waals surface area contributed by atoms with Gasteiger partial charge < -0.3 is 9.30 Å². The molecular formula is C18H16IN3O2. The normalized spacial score (nSPS) is 10.6. The number of ether oxygens (including phenoxy) is 1. The molecule has 0 saturated carbocycles. The Morgan fingerprint density at radius 1 is 1.12 bits per heavy atom. The predicted molar refractivity (Wildman–Crippen MR) is 100 cm³/mol. The zero-order valence-electron chi connectivity index (χ0n) is 13.1. The number of halogens is 1. The third-order valence-corrected chi connectivity index (χ3v) is 4.27. The van der Waals surface area contributed by atoms with Crippen molar-refractivity contribution >= 4 is 22.6 Å². The van der Waals surface area contributed by atoms with Crippen LogP contribution in [0.4, 0.5) is 0 Å². The summed E-state index contributed by atoms with van der Waals surface area (Å²) in [6, 6.07) is 13.2. The van der Waals surface area contributed by atoms with E-state index in [1.165, 1.54) is 9.64 Å². The van der Waals surface area contributed by atoms with E-state index in [1.807, 2.05) is 37.3 Å². The summed E-state index contributed by atoms with van der Waals surface area (Å²) in [5, 5.41) is 0. The van der Waals surface area contributed by atoms with Crippen LogP contribution >= 0.6 is 22.6 Å². The summed E-state index contributed by atoms with van der Waals surface area (Å²) in [7, 11) is 0. The largest absolute Gasteiger partial charge is 0.485 e. The van der Waals surface area contributed by atoms with E-state index in [0.717, 1.165) is 11.3 Å². The summed E-state index contributed by atoms with van der Waals surface area (Å²) < 4.78 is 8.54. The number of pyridine rings is 1. The van der Waals surface area contributed by atoms with Gasteiger partial charge in [0.15, 0.2) is 5.82 Å². The molecule has 0 aliphatic rings. The summed E-state index contributed by atoms with van der Waals surface area (Å²) in [5.74, 6) is 1.11. The zero-order chi connectivity index (χ0) is 16.9. The van der Waals surface area contributed by atoms with E-state index < -0.39 is 0 Å². The van der Waals surface area contributed by atoms with Crippen molar-refractivity contribution in [3.63, 3.8) is 0 Å². The molecule has 0 saturated heterocycles. The first-order valence-corrected chi connectivity index (χ1v) is 8.54. The van der Waals surface area contributed by atoms with Crippen LogP contribution in [0.2, 0.25) is 0 Å². The van der Waals surface area contributed by atoms with Crippen molar-refractivity contribution in [1.82, 2.24) is 14.5 Å². The second-order valence-electron chi connectivity index (χ2n) is 5.34. The molecule has 6 heteroatoms. The average Bonchev–Trinajstić information content (AvgIpc) is 2.59. The van der Waals surface area contributed by atoms with E-state index in [0.29, 0.717) is 18.1 Å². The molecule has 5 nitrogen and oxygen atoms in total. The van der Waals surface area contributed by atoms with Crippen molar-refractivity contribution in [2.24, 2.45) is 0 Å². The van der Waals surface area contributed by atoms with Crippen LogP contribution in [0, 0.1) is 10.5 Å². The van der Waals surface area contributed by atoms with Crippen molar-refractivity contribution in [2.45, 2.75) is 20.1 Å². The summed E-state index contributed by atoms with van der Waals surface area (Å²) in [4.78, 5) is 20.6. The molecule has 0 unspecified atom stereocenters. The molecule has 3 rings (SSSR count). The van der Waals surface area contributed by atoms with Gasteiger partial charge in [-0.3, -0.25) is 4.79 Å². The van der Waals surface area contributed by atoms with E-state index in [9.17, 15) is 4.79 Å². The minimum atomic E-state index is -0.0856. The van der Waals surface area contributed by atoms with Gasteiger partial charge in [0.1, 0.15) is 12.4 Å². The highest BCUT2D eigenvalue weighted by Crippen LogP contribution is 2.13. The SMILES string of the molecule is Cc1cc(OCc2ncccn2)cc(=O)n1Cc1ccc(I)cc1. The van der Waals surface area contributed by atoms with Crippen LogP contribution in [0.1, 0.15) is 17.1 Å². The molecule has 0 aliphatic carbocycles. The van der Waals surface area contributed by atoms with Crippen LogP contribution in [-0.2, 0) is 13.2 Å². The van der Waals surface area contributed by atoms with Crippen LogP contribution in [0.3, 0.4) is 0 Å². The molecule has 0 radical (unpaired) electrons. The van der Waals surface area contributed by atoms with Gasteiger partial charge in [0, 0.05) is 27.7 Å². The molecule has 0 spiro atoms. The maximum atomic E-state index is 12.4. The standard InChI is InChI=1S/C18H16IN3O2/c1-13-9-16(24-12-17-20-7-2-8-21-17)10-18(23)22(13)11-14-3-5-15(19)6-4-14/h2-10H,11-12H2,1H3. The molecule has 0 fully saturated rings. The van der Waals surface area contributed by atoms with Gasteiger partial charge in [0.25, 0.3) is 5.56 Å². The summed E-state index contributed by atoms with van der Waals surface area (Å²) in [6.45, 7) is 2.69. The molecule has 0 N–H and O–H groups in total. The quantitative estimate of drug-likeness (QED) is 0.581. The molecule has 0 atom stereocenters. The number of nitrogens with zero attached hydrogens (tertiary/aromatic N) is 3. The van der Waals surface area contributed by atoms with E-state index in [2.05, 4.69) is 32.6 Å². The maximum Gasteiger partial charge on any atom is 0.254 e. The highest BCUT2D eigenvalue weighted by atomic mass is 127. The lowest BCUT2D eigenvalue weighted by atomic mass is 10.2. The van der Waals surface area contributed by atoms with Crippen molar-refractivity contribution in [3.8, 4) is 5.75 Å². The Morgan fingerprint density at radius 2 is 1.83 bits per heavy atom. The first-order chi connectivity index (χ1) is 11.6. The number of aryl methyl sites for hydroxylation is 1. The first-order valence-electron chi connectivity index (χ1n) is 7.46. The van der Waals surface area contributed by atoms with Gasteiger partial charge in [0.2, 0.25) is 0 Å². The van der Waals surface area contributed by atoms with Gasteiger partial charge in [-0.25, -0.2) is 9.97 Å². The fourth-order valence-electron chi connectivity index (χ4n) is 2.31. The van der Waals surface area contributed by atoms with Crippen molar-refractivity contribution in [2.75, 3.05) is 0 Å². The summed E-state index contributed by atoms with van der Waals surface area (Å²) in [6.07, 6.45) is 3.33. The minimum Gasteiger partial charge on any atom is -0.485 e. The van der Waals surface area contributed by atoms with Crippen LogP contribution in [0.5, 0.6) is 5.75 Å². The van der Waals surface area contributed by atoms with Crippen LogP contribution in [0.25, 0.3) is 0 Å². The Bertz CT molecular complexity index is 877. The average molecular weight is 433 g/mol. The van der Waals surface area contributed by atoms with E-state index >= 15 is 0 Å². The molecule has 2 aromatic heterocycles. The van der Waals surface area contributed by atoms with Crippen LogP contribution in [-0.4, -0.2) is 14.5 Å². The Kier molecular flexibility index (Phi) is 5.24. The van der Waals surface area contributed by atoms with Crippen LogP contribution in [0.15, 0.2) is 59.7 Å². The second kappa shape index (κ2) is 7.57. The third-order valence-electron chi connectivity index (χ3n) is 3.55. The number of hydrogen-bond donors (Lipinski definition) is 0. The Balaban J connectivity index is 1.76. The minimum absolute atomic E-state index is 0.0856. The highest BCUT2D eigenvalue weighted by molar-refractivity contribution is 14.1. The van der Waals surface area contributed by atoms with E-state index in [4.69, 9.17) is 4.74 Å². The van der Waals surface area contributed by atoms with Gasteiger partial charge >= 0.3 is 0 Å². The summed E-state index contributed by atoms with van der Waals surface area (Å²) >= 11 is 2.26. The molecule has 1 aromatic carbocycles. The second-order valence-corrected chi connectivity index (χ2v) is 6.58. The monoisotopic (exact) mass is 433 g/mol. The molecule has 122 valence electrons. The van der Waals surface area contributed by atoms with Gasteiger partial charge in [-0.2, -0.15) is 0 Å². The fraction of sp³-hybridized carbons (Fsp3) is 0.167. The molecule has 0 bridgehead atoms. The molecule has 0 amide bonds.